The monoisotopic (exact) mass is 291 g/mol. The van der Waals surface area contributed by atoms with Crippen molar-refractivity contribution in [1.29, 1.82) is 0 Å². The maximum atomic E-state index is 5.76. The molecule has 0 spiro atoms. The summed E-state index contributed by atoms with van der Waals surface area (Å²) in [6, 6.07) is 11.8. The van der Waals surface area contributed by atoms with Crippen LogP contribution in [0.25, 0.3) is 0 Å². The molecule has 0 aliphatic heterocycles. The van der Waals surface area contributed by atoms with E-state index >= 15 is 0 Å². The second kappa shape index (κ2) is 5.19. The zero-order valence-electron chi connectivity index (χ0n) is 9.60. The van der Waals surface area contributed by atoms with Crippen LogP contribution in [0.15, 0.2) is 47.1 Å². The third kappa shape index (κ3) is 3.20. The maximum absolute atomic E-state index is 5.76. The minimum atomic E-state index is 0.761. The van der Waals surface area contributed by atoms with Gasteiger partial charge in [-0.15, -0.1) is 0 Å². The summed E-state index contributed by atoms with van der Waals surface area (Å²) >= 11 is 3.37. The van der Waals surface area contributed by atoms with Crippen LogP contribution in [0.4, 0.5) is 11.4 Å². The van der Waals surface area contributed by atoms with Crippen molar-refractivity contribution in [1.82, 2.24) is 4.98 Å². The first-order valence-corrected chi connectivity index (χ1v) is 6.11. The van der Waals surface area contributed by atoms with E-state index < -0.39 is 0 Å². The lowest BCUT2D eigenvalue weighted by molar-refractivity contribution is 0.884. The number of anilines is 2. The maximum Gasteiger partial charge on any atom is 0.0598 e. The van der Waals surface area contributed by atoms with Crippen LogP contribution in [0.3, 0.4) is 0 Å². The van der Waals surface area contributed by atoms with E-state index in [1.807, 2.05) is 49.6 Å². The number of aromatic nitrogens is 1. The second-order valence-electron chi connectivity index (χ2n) is 3.92. The van der Waals surface area contributed by atoms with Gasteiger partial charge in [0.1, 0.15) is 0 Å². The van der Waals surface area contributed by atoms with Gasteiger partial charge < -0.3 is 10.6 Å². The molecule has 0 saturated carbocycles. The van der Waals surface area contributed by atoms with Crippen molar-refractivity contribution in [3.8, 4) is 0 Å². The normalized spacial score (nSPS) is 10.2. The van der Waals surface area contributed by atoms with Gasteiger partial charge in [-0.1, -0.05) is 6.07 Å². The van der Waals surface area contributed by atoms with Crippen molar-refractivity contribution >= 4 is 27.3 Å². The summed E-state index contributed by atoms with van der Waals surface area (Å²) in [7, 11) is 2.03. The lowest BCUT2D eigenvalue weighted by atomic mass is 10.2. The Labute approximate surface area is 109 Å². The van der Waals surface area contributed by atoms with Crippen molar-refractivity contribution in [2.75, 3.05) is 17.7 Å². The molecular formula is C13H14BrN3. The SMILES string of the molecule is CN(Cc1ccc(Br)cn1)c1cccc(N)c1. The van der Waals surface area contributed by atoms with Gasteiger partial charge in [-0.05, 0) is 46.3 Å². The van der Waals surface area contributed by atoms with Gasteiger partial charge in [0.15, 0.2) is 0 Å². The molecule has 1 aromatic heterocycles. The summed E-state index contributed by atoms with van der Waals surface area (Å²) in [6.45, 7) is 0.761. The highest BCUT2D eigenvalue weighted by molar-refractivity contribution is 9.10. The van der Waals surface area contributed by atoms with Gasteiger partial charge in [-0.3, -0.25) is 4.98 Å². The Balaban J connectivity index is 2.11. The van der Waals surface area contributed by atoms with E-state index in [4.69, 9.17) is 5.73 Å². The predicted molar refractivity (Wildman–Crippen MR) is 74.9 cm³/mol. The van der Waals surface area contributed by atoms with E-state index in [-0.39, 0.29) is 0 Å². The smallest absolute Gasteiger partial charge is 0.0598 e. The molecule has 4 heteroatoms. The Hall–Kier alpha value is -1.55. The molecule has 3 nitrogen and oxygen atoms in total. The minimum Gasteiger partial charge on any atom is -0.399 e. The lowest BCUT2D eigenvalue weighted by Crippen LogP contribution is -2.17. The number of hydrogen-bond donors (Lipinski definition) is 1. The molecule has 0 bridgehead atoms. The van der Waals surface area contributed by atoms with Crippen molar-refractivity contribution in [2.24, 2.45) is 0 Å². The van der Waals surface area contributed by atoms with E-state index in [9.17, 15) is 0 Å². The van der Waals surface area contributed by atoms with Gasteiger partial charge in [-0.2, -0.15) is 0 Å². The zero-order valence-corrected chi connectivity index (χ0v) is 11.2. The summed E-state index contributed by atoms with van der Waals surface area (Å²) in [5.74, 6) is 0. The Morgan fingerprint density at radius 3 is 2.76 bits per heavy atom. The van der Waals surface area contributed by atoms with Gasteiger partial charge in [0, 0.05) is 29.1 Å². The second-order valence-corrected chi connectivity index (χ2v) is 4.83. The predicted octanol–water partition coefficient (Wildman–Crippen LogP) is 3.06. The van der Waals surface area contributed by atoms with Crippen LogP contribution in [-0.4, -0.2) is 12.0 Å². The molecule has 0 aliphatic rings. The van der Waals surface area contributed by atoms with Crippen LogP contribution in [0.2, 0.25) is 0 Å². The number of nitrogen functional groups attached to an aromatic ring is 1. The average molecular weight is 292 g/mol. The molecule has 2 aromatic rings. The van der Waals surface area contributed by atoms with Gasteiger partial charge in [0.25, 0.3) is 0 Å². The molecule has 0 radical (unpaired) electrons. The highest BCUT2D eigenvalue weighted by Gasteiger charge is 2.03. The Bertz CT molecular complexity index is 496. The zero-order chi connectivity index (χ0) is 12.3. The quantitative estimate of drug-likeness (QED) is 0.884. The van der Waals surface area contributed by atoms with Gasteiger partial charge >= 0.3 is 0 Å². The summed E-state index contributed by atoms with van der Waals surface area (Å²) in [5, 5.41) is 0. The van der Waals surface area contributed by atoms with E-state index in [2.05, 4.69) is 25.8 Å². The third-order valence-electron chi connectivity index (χ3n) is 2.50. The molecule has 88 valence electrons. The molecule has 0 atom stereocenters. The summed E-state index contributed by atoms with van der Waals surface area (Å²) < 4.78 is 0.993. The third-order valence-corrected chi connectivity index (χ3v) is 2.97. The number of benzene rings is 1. The van der Waals surface area contributed by atoms with Crippen LogP contribution in [0, 0.1) is 0 Å². The van der Waals surface area contributed by atoms with Crippen molar-refractivity contribution in [3.63, 3.8) is 0 Å². The van der Waals surface area contributed by atoms with E-state index in [1.165, 1.54) is 0 Å². The average Bonchev–Trinajstić information content (AvgIpc) is 2.32. The molecule has 0 amide bonds. The number of nitrogens with two attached hydrogens (primary N) is 1. The number of rotatable bonds is 3. The van der Waals surface area contributed by atoms with E-state index in [1.54, 1.807) is 0 Å². The Morgan fingerprint density at radius 1 is 1.29 bits per heavy atom. The molecule has 17 heavy (non-hydrogen) atoms. The van der Waals surface area contributed by atoms with Crippen molar-refractivity contribution in [2.45, 2.75) is 6.54 Å². The van der Waals surface area contributed by atoms with Crippen molar-refractivity contribution in [3.05, 3.63) is 52.8 Å². The molecule has 1 heterocycles. The van der Waals surface area contributed by atoms with Crippen molar-refractivity contribution < 1.29 is 0 Å². The largest absolute Gasteiger partial charge is 0.399 e. The molecular weight excluding hydrogens is 278 g/mol. The number of pyridine rings is 1. The molecule has 0 unspecified atom stereocenters. The summed E-state index contributed by atoms with van der Waals surface area (Å²) in [5.41, 5.74) is 8.66. The fourth-order valence-corrected chi connectivity index (χ4v) is 1.83. The fourth-order valence-electron chi connectivity index (χ4n) is 1.60. The molecule has 0 aliphatic carbocycles. The summed E-state index contributed by atoms with van der Waals surface area (Å²) in [6.07, 6.45) is 1.81. The highest BCUT2D eigenvalue weighted by atomic mass is 79.9. The van der Waals surface area contributed by atoms with Crippen LogP contribution in [0.5, 0.6) is 0 Å². The standard InChI is InChI=1S/C13H14BrN3/c1-17(13-4-2-3-11(15)7-13)9-12-6-5-10(14)8-16-12/h2-8H,9,15H2,1H3. The Kier molecular flexibility index (Phi) is 3.64. The van der Waals surface area contributed by atoms with Crippen LogP contribution >= 0.6 is 15.9 Å². The Morgan fingerprint density at radius 2 is 2.12 bits per heavy atom. The van der Waals surface area contributed by atoms with Crippen LogP contribution in [0.1, 0.15) is 5.69 Å². The van der Waals surface area contributed by atoms with Crippen LogP contribution in [-0.2, 0) is 6.54 Å². The first-order chi connectivity index (χ1) is 8.15. The number of halogens is 1. The molecule has 2 N–H and O–H groups in total. The van der Waals surface area contributed by atoms with Gasteiger partial charge in [-0.25, -0.2) is 0 Å². The molecule has 0 saturated heterocycles. The topological polar surface area (TPSA) is 42.2 Å². The summed E-state index contributed by atoms with van der Waals surface area (Å²) in [4.78, 5) is 6.46. The van der Waals surface area contributed by atoms with Gasteiger partial charge in [0.05, 0.1) is 12.2 Å². The number of nitrogens with zero attached hydrogens (tertiary/aromatic N) is 2. The van der Waals surface area contributed by atoms with Gasteiger partial charge in [0.2, 0.25) is 0 Å². The lowest BCUT2D eigenvalue weighted by Gasteiger charge is -2.19. The molecule has 0 fully saturated rings. The highest BCUT2D eigenvalue weighted by Crippen LogP contribution is 2.18. The minimum absolute atomic E-state index is 0.761. The van der Waals surface area contributed by atoms with Crippen LogP contribution < -0.4 is 10.6 Å². The fraction of sp³-hybridized carbons (Fsp3) is 0.154. The molecule has 2 rings (SSSR count). The van der Waals surface area contributed by atoms with E-state index in [0.29, 0.717) is 0 Å². The first-order valence-electron chi connectivity index (χ1n) is 5.32. The number of hydrogen-bond acceptors (Lipinski definition) is 3. The van der Waals surface area contributed by atoms with E-state index in [0.717, 1.165) is 28.1 Å². The molecule has 1 aromatic carbocycles. The first kappa shape index (κ1) is 11.9.